The van der Waals surface area contributed by atoms with E-state index < -0.39 is 0 Å². The Bertz CT molecular complexity index is 337. The van der Waals surface area contributed by atoms with Crippen molar-refractivity contribution >= 4 is 12.6 Å². The number of imidazole rings is 1. The molecule has 0 fully saturated rings. The van der Waals surface area contributed by atoms with Gasteiger partial charge in [-0.25, -0.2) is 4.79 Å². The molecule has 3 nitrogen and oxygen atoms in total. The van der Waals surface area contributed by atoms with Crippen LogP contribution in [0.2, 0.25) is 0 Å². The zero-order chi connectivity index (χ0) is 9.14. The van der Waals surface area contributed by atoms with Crippen LogP contribution in [-0.4, -0.2) is 14.9 Å². The minimum absolute atomic E-state index is 0.0158. The standard InChI is InChI=1S/C8H12N2OS/c1-7(6-12)5-10-4-3-9(2)8(10)11/h3-4,12H,1,5-6H2,2H3. The van der Waals surface area contributed by atoms with Crippen molar-refractivity contribution in [2.75, 3.05) is 5.75 Å². The van der Waals surface area contributed by atoms with Gasteiger partial charge in [-0.3, -0.25) is 4.57 Å². The summed E-state index contributed by atoms with van der Waals surface area (Å²) in [5.41, 5.74) is 0.921. The molecule has 12 heavy (non-hydrogen) atoms. The van der Waals surface area contributed by atoms with Gasteiger partial charge in [0.25, 0.3) is 0 Å². The van der Waals surface area contributed by atoms with Crippen LogP contribution in [0.3, 0.4) is 0 Å². The second kappa shape index (κ2) is 3.67. The van der Waals surface area contributed by atoms with Gasteiger partial charge in [0.05, 0.1) is 0 Å². The third kappa shape index (κ3) is 1.82. The van der Waals surface area contributed by atoms with E-state index in [4.69, 9.17) is 0 Å². The van der Waals surface area contributed by atoms with E-state index >= 15 is 0 Å². The molecule has 0 N–H and O–H groups in total. The first-order valence-corrected chi connectivity index (χ1v) is 4.27. The van der Waals surface area contributed by atoms with Crippen LogP contribution in [0, 0.1) is 0 Å². The van der Waals surface area contributed by atoms with Crippen molar-refractivity contribution in [1.82, 2.24) is 9.13 Å². The Morgan fingerprint density at radius 1 is 1.67 bits per heavy atom. The Morgan fingerprint density at radius 3 is 2.75 bits per heavy atom. The average Bonchev–Trinajstić information content (AvgIpc) is 2.36. The Hall–Kier alpha value is -0.900. The normalized spacial score (nSPS) is 10.2. The summed E-state index contributed by atoms with van der Waals surface area (Å²) in [6, 6.07) is 0. The zero-order valence-corrected chi connectivity index (χ0v) is 7.92. The lowest BCUT2D eigenvalue weighted by Crippen LogP contribution is -2.22. The minimum atomic E-state index is -0.0158. The van der Waals surface area contributed by atoms with Crippen LogP contribution in [-0.2, 0) is 13.6 Å². The van der Waals surface area contributed by atoms with Gasteiger partial charge in [-0.2, -0.15) is 12.6 Å². The highest BCUT2D eigenvalue weighted by Gasteiger charge is 1.99. The molecule has 66 valence electrons. The first-order chi connectivity index (χ1) is 5.65. The third-order valence-electron chi connectivity index (χ3n) is 1.64. The highest BCUT2D eigenvalue weighted by atomic mass is 32.1. The molecule has 0 saturated carbocycles. The number of thiol groups is 1. The molecule has 0 aliphatic rings. The molecule has 0 aromatic carbocycles. The predicted molar refractivity (Wildman–Crippen MR) is 52.7 cm³/mol. The fourth-order valence-electron chi connectivity index (χ4n) is 0.922. The number of rotatable bonds is 3. The van der Waals surface area contributed by atoms with Gasteiger partial charge in [0, 0.05) is 31.7 Å². The fraction of sp³-hybridized carbons (Fsp3) is 0.375. The van der Waals surface area contributed by atoms with Gasteiger partial charge in [0.15, 0.2) is 0 Å². The van der Waals surface area contributed by atoms with Gasteiger partial charge in [-0.15, -0.1) is 0 Å². The quantitative estimate of drug-likeness (QED) is 0.542. The summed E-state index contributed by atoms with van der Waals surface area (Å²) in [6.45, 7) is 4.33. The monoisotopic (exact) mass is 184 g/mol. The second-order valence-corrected chi connectivity index (χ2v) is 3.04. The first kappa shape index (κ1) is 9.19. The Labute approximate surface area is 76.7 Å². The third-order valence-corrected chi connectivity index (χ3v) is 2.08. The summed E-state index contributed by atoms with van der Waals surface area (Å²) >= 11 is 4.07. The largest absolute Gasteiger partial charge is 0.328 e. The van der Waals surface area contributed by atoms with Crippen LogP contribution in [0.5, 0.6) is 0 Å². The fourth-order valence-corrected chi connectivity index (χ4v) is 1.02. The molecule has 0 unspecified atom stereocenters. The maximum absolute atomic E-state index is 11.3. The molecule has 0 aliphatic heterocycles. The summed E-state index contributed by atoms with van der Waals surface area (Å²) in [4.78, 5) is 11.3. The molecule has 0 amide bonds. The maximum atomic E-state index is 11.3. The van der Waals surface area contributed by atoms with E-state index in [0.29, 0.717) is 12.3 Å². The van der Waals surface area contributed by atoms with Crippen molar-refractivity contribution in [3.63, 3.8) is 0 Å². The minimum Gasteiger partial charge on any atom is -0.302 e. The summed E-state index contributed by atoms with van der Waals surface area (Å²) in [5, 5.41) is 0. The van der Waals surface area contributed by atoms with E-state index in [1.807, 2.05) is 0 Å². The van der Waals surface area contributed by atoms with Crippen molar-refractivity contribution in [2.24, 2.45) is 7.05 Å². The van der Waals surface area contributed by atoms with Crippen molar-refractivity contribution in [2.45, 2.75) is 6.54 Å². The summed E-state index contributed by atoms with van der Waals surface area (Å²) in [7, 11) is 1.72. The molecule has 0 atom stereocenters. The van der Waals surface area contributed by atoms with Gasteiger partial charge >= 0.3 is 5.69 Å². The summed E-state index contributed by atoms with van der Waals surface area (Å²) in [6.07, 6.45) is 3.48. The highest BCUT2D eigenvalue weighted by Crippen LogP contribution is 1.96. The summed E-state index contributed by atoms with van der Waals surface area (Å²) in [5.74, 6) is 0.612. The first-order valence-electron chi connectivity index (χ1n) is 3.64. The van der Waals surface area contributed by atoms with Crippen molar-refractivity contribution in [3.05, 3.63) is 35.0 Å². The van der Waals surface area contributed by atoms with Crippen molar-refractivity contribution in [1.29, 1.82) is 0 Å². The average molecular weight is 184 g/mol. The van der Waals surface area contributed by atoms with Gasteiger partial charge in [0.2, 0.25) is 0 Å². The van der Waals surface area contributed by atoms with E-state index in [9.17, 15) is 4.79 Å². The van der Waals surface area contributed by atoms with Crippen LogP contribution in [0.4, 0.5) is 0 Å². The highest BCUT2D eigenvalue weighted by molar-refractivity contribution is 7.80. The lowest BCUT2D eigenvalue weighted by molar-refractivity contribution is 0.712. The second-order valence-electron chi connectivity index (χ2n) is 2.73. The van der Waals surface area contributed by atoms with Crippen molar-refractivity contribution in [3.8, 4) is 0 Å². The molecule has 0 spiro atoms. The number of hydrogen-bond donors (Lipinski definition) is 1. The van der Waals surface area contributed by atoms with Crippen LogP contribution >= 0.6 is 12.6 Å². The Kier molecular flexibility index (Phi) is 2.81. The lowest BCUT2D eigenvalue weighted by atomic mass is 10.3. The molecule has 0 aliphatic carbocycles. The van der Waals surface area contributed by atoms with Crippen molar-refractivity contribution < 1.29 is 0 Å². The molecule has 1 heterocycles. The predicted octanol–water partition coefficient (Wildman–Crippen LogP) is 0.673. The van der Waals surface area contributed by atoms with Crippen LogP contribution in [0.15, 0.2) is 29.3 Å². The number of hydrogen-bond acceptors (Lipinski definition) is 2. The van der Waals surface area contributed by atoms with Gasteiger partial charge in [0.1, 0.15) is 0 Å². The van der Waals surface area contributed by atoms with E-state index in [-0.39, 0.29) is 5.69 Å². The van der Waals surface area contributed by atoms with E-state index in [0.717, 1.165) is 5.57 Å². The molecule has 1 aromatic heterocycles. The molecule has 0 radical (unpaired) electrons. The topological polar surface area (TPSA) is 26.9 Å². The van der Waals surface area contributed by atoms with Crippen LogP contribution in [0.1, 0.15) is 0 Å². The molecule has 0 bridgehead atoms. The lowest BCUT2D eigenvalue weighted by Gasteiger charge is -2.00. The molecule has 0 saturated heterocycles. The molecule has 4 heteroatoms. The number of aryl methyl sites for hydroxylation is 1. The molecular weight excluding hydrogens is 172 g/mol. The number of nitrogens with zero attached hydrogens (tertiary/aromatic N) is 2. The molecular formula is C8H12N2OS. The zero-order valence-electron chi connectivity index (χ0n) is 7.03. The molecule has 1 aromatic rings. The van der Waals surface area contributed by atoms with Crippen LogP contribution in [0.25, 0.3) is 0 Å². The van der Waals surface area contributed by atoms with E-state index in [1.165, 1.54) is 4.57 Å². The SMILES string of the molecule is C=C(CS)Cn1ccn(C)c1=O. The number of aromatic nitrogens is 2. The van der Waals surface area contributed by atoms with E-state index in [2.05, 4.69) is 19.2 Å². The molecule has 1 rings (SSSR count). The Morgan fingerprint density at radius 2 is 2.33 bits per heavy atom. The summed E-state index contributed by atoms with van der Waals surface area (Å²) < 4.78 is 3.14. The van der Waals surface area contributed by atoms with Crippen LogP contribution < -0.4 is 5.69 Å². The van der Waals surface area contributed by atoms with Gasteiger partial charge in [-0.05, 0) is 5.57 Å². The smallest absolute Gasteiger partial charge is 0.302 e. The van der Waals surface area contributed by atoms with Gasteiger partial charge in [-0.1, -0.05) is 6.58 Å². The van der Waals surface area contributed by atoms with Gasteiger partial charge < -0.3 is 4.57 Å². The Balaban J connectivity index is 2.83. The maximum Gasteiger partial charge on any atom is 0.328 e. The van der Waals surface area contributed by atoms with E-state index in [1.54, 1.807) is 24.0 Å².